The average Bonchev–Trinajstić information content (AvgIpc) is 2.88. The predicted molar refractivity (Wildman–Crippen MR) is 77.6 cm³/mol. The van der Waals surface area contributed by atoms with E-state index in [1.54, 1.807) is 48.0 Å². The highest BCUT2D eigenvalue weighted by Gasteiger charge is 2.09. The summed E-state index contributed by atoms with van der Waals surface area (Å²) in [5, 5.41) is 12.8. The zero-order valence-electron chi connectivity index (χ0n) is 10.2. The fourth-order valence-electron chi connectivity index (χ4n) is 1.21. The third-order valence-corrected chi connectivity index (χ3v) is 4.28. The van der Waals surface area contributed by atoms with Gasteiger partial charge in [-0.2, -0.15) is 11.8 Å². The molecule has 0 saturated carbocycles. The van der Waals surface area contributed by atoms with Gasteiger partial charge in [0.05, 0.1) is 18.9 Å². The summed E-state index contributed by atoms with van der Waals surface area (Å²) in [5.41, 5.74) is 0. The fraction of sp³-hybridized carbons (Fsp3) is 0.417. The summed E-state index contributed by atoms with van der Waals surface area (Å²) >= 11 is 3.41. The summed E-state index contributed by atoms with van der Waals surface area (Å²) in [6.07, 6.45) is 6.57. The van der Waals surface area contributed by atoms with Gasteiger partial charge in [0, 0.05) is 16.9 Å². The quantitative estimate of drug-likeness (QED) is 0.434. The Hall–Kier alpha value is -0.850. The first kappa shape index (κ1) is 15.2. The molecule has 100 valence electrons. The maximum atomic E-state index is 11.6. The van der Waals surface area contributed by atoms with Crippen LogP contribution in [0.1, 0.15) is 5.76 Å². The van der Waals surface area contributed by atoms with Crippen LogP contribution in [0.15, 0.2) is 28.9 Å². The molecule has 4 nitrogen and oxygen atoms in total. The molecule has 1 amide bonds. The summed E-state index contributed by atoms with van der Waals surface area (Å²) in [4.78, 5) is 11.6. The van der Waals surface area contributed by atoms with Crippen LogP contribution in [-0.2, 0) is 4.79 Å². The Balaban J connectivity index is 2.32. The molecule has 0 aromatic carbocycles. The second-order valence-corrected chi connectivity index (χ2v) is 5.78. The van der Waals surface area contributed by atoms with Gasteiger partial charge in [-0.1, -0.05) is 0 Å². The lowest BCUT2D eigenvalue weighted by Crippen LogP contribution is -2.38. The van der Waals surface area contributed by atoms with Gasteiger partial charge >= 0.3 is 0 Å². The molecule has 2 N–H and O–H groups in total. The first-order valence-corrected chi connectivity index (χ1v) is 8.00. The van der Waals surface area contributed by atoms with Crippen molar-refractivity contribution in [2.24, 2.45) is 0 Å². The summed E-state index contributed by atoms with van der Waals surface area (Å²) in [6, 6.07) is 3.31. The van der Waals surface area contributed by atoms with Crippen molar-refractivity contribution in [2.45, 2.75) is 6.04 Å². The van der Waals surface area contributed by atoms with Crippen LogP contribution in [-0.4, -0.2) is 40.8 Å². The number of thioether (sulfide) groups is 2. The number of nitrogens with one attached hydrogen (secondary N) is 1. The van der Waals surface area contributed by atoms with E-state index in [0.29, 0.717) is 11.5 Å². The number of hydrogen-bond acceptors (Lipinski definition) is 5. The normalized spacial score (nSPS) is 12.8. The highest BCUT2D eigenvalue weighted by molar-refractivity contribution is 8.15. The molecule has 1 atom stereocenters. The Bertz CT molecular complexity index is 365. The van der Waals surface area contributed by atoms with Crippen molar-refractivity contribution in [1.82, 2.24) is 5.32 Å². The van der Waals surface area contributed by atoms with Crippen LogP contribution in [0.3, 0.4) is 0 Å². The highest BCUT2D eigenvalue weighted by Crippen LogP contribution is 2.09. The Morgan fingerprint density at radius 1 is 1.67 bits per heavy atom. The second kappa shape index (κ2) is 9.13. The largest absolute Gasteiger partial charge is 0.465 e. The number of aliphatic hydroxyl groups excluding tert-OH is 1. The first-order chi connectivity index (χ1) is 8.76. The number of aliphatic hydroxyl groups is 1. The van der Waals surface area contributed by atoms with E-state index in [-0.39, 0.29) is 18.6 Å². The maximum absolute atomic E-state index is 11.6. The Morgan fingerprint density at radius 2 is 2.50 bits per heavy atom. The van der Waals surface area contributed by atoms with Crippen LogP contribution in [0.5, 0.6) is 0 Å². The fourth-order valence-corrected chi connectivity index (χ4v) is 2.73. The van der Waals surface area contributed by atoms with Crippen LogP contribution < -0.4 is 5.32 Å². The van der Waals surface area contributed by atoms with E-state index < -0.39 is 0 Å². The van der Waals surface area contributed by atoms with E-state index in [1.807, 2.05) is 6.26 Å². The van der Waals surface area contributed by atoms with Crippen molar-refractivity contribution < 1.29 is 14.3 Å². The number of hydrogen-bond donors (Lipinski definition) is 2. The van der Waals surface area contributed by atoms with Crippen LogP contribution in [0, 0.1) is 0 Å². The molecule has 0 unspecified atom stereocenters. The number of amides is 1. The molecular formula is C12H17NO3S2. The van der Waals surface area contributed by atoms with Crippen molar-refractivity contribution in [2.75, 3.05) is 23.7 Å². The first-order valence-electron chi connectivity index (χ1n) is 5.46. The lowest BCUT2D eigenvalue weighted by molar-refractivity contribution is -0.117. The van der Waals surface area contributed by atoms with Gasteiger partial charge in [0.2, 0.25) is 5.91 Å². The third kappa shape index (κ3) is 6.18. The molecule has 0 aliphatic carbocycles. The lowest BCUT2D eigenvalue weighted by atomic mass is 10.3. The smallest absolute Gasteiger partial charge is 0.244 e. The van der Waals surface area contributed by atoms with Gasteiger partial charge in [-0.25, -0.2) is 0 Å². The number of furan rings is 1. The Morgan fingerprint density at radius 3 is 3.11 bits per heavy atom. The molecular weight excluding hydrogens is 270 g/mol. The lowest BCUT2D eigenvalue weighted by Gasteiger charge is -2.14. The minimum absolute atomic E-state index is 0.0539. The van der Waals surface area contributed by atoms with E-state index in [1.165, 1.54) is 6.08 Å². The molecule has 0 spiro atoms. The number of carbonyl (C=O) groups excluding carboxylic acids is 1. The molecule has 1 rings (SSSR count). The Labute approximate surface area is 115 Å². The summed E-state index contributed by atoms with van der Waals surface area (Å²) in [7, 11) is 0. The van der Waals surface area contributed by atoms with E-state index in [2.05, 4.69) is 5.32 Å². The number of rotatable bonds is 8. The van der Waals surface area contributed by atoms with Crippen molar-refractivity contribution >= 4 is 35.5 Å². The van der Waals surface area contributed by atoms with Gasteiger partial charge in [-0.05, 0) is 24.5 Å². The number of carbonyl (C=O) groups is 1. The minimum atomic E-state index is -0.227. The predicted octanol–water partition coefficient (Wildman–Crippen LogP) is 1.82. The molecule has 1 aromatic rings. The van der Waals surface area contributed by atoms with Crippen molar-refractivity contribution in [1.29, 1.82) is 0 Å². The van der Waals surface area contributed by atoms with Crippen LogP contribution in [0.25, 0.3) is 6.08 Å². The van der Waals surface area contributed by atoms with Gasteiger partial charge in [0.1, 0.15) is 5.76 Å². The van der Waals surface area contributed by atoms with Crippen LogP contribution >= 0.6 is 23.5 Å². The maximum Gasteiger partial charge on any atom is 0.244 e. The molecule has 6 heteroatoms. The van der Waals surface area contributed by atoms with E-state index in [4.69, 9.17) is 9.52 Å². The van der Waals surface area contributed by atoms with Crippen LogP contribution in [0.2, 0.25) is 0 Å². The van der Waals surface area contributed by atoms with E-state index in [0.717, 1.165) is 5.08 Å². The van der Waals surface area contributed by atoms with E-state index >= 15 is 0 Å². The zero-order valence-corrected chi connectivity index (χ0v) is 11.8. The molecule has 18 heavy (non-hydrogen) atoms. The Kier molecular flexibility index (Phi) is 7.71. The van der Waals surface area contributed by atoms with Crippen molar-refractivity contribution in [3.8, 4) is 0 Å². The van der Waals surface area contributed by atoms with Crippen LogP contribution in [0.4, 0.5) is 0 Å². The van der Waals surface area contributed by atoms with Crippen molar-refractivity contribution in [3.05, 3.63) is 30.2 Å². The molecule has 0 radical (unpaired) electrons. The van der Waals surface area contributed by atoms with Gasteiger partial charge in [0.25, 0.3) is 0 Å². The average molecular weight is 287 g/mol. The monoisotopic (exact) mass is 287 g/mol. The van der Waals surface area contributed by atoms with E-state index in [9.17, 15) is 4.79 Å². The molecule has 0 fully saturated rings. The zero-order chi connectivity index (χ0) is 13.2. The molecule has 0 aliphatic rings. The minimum Gasteiger partial charge on any atom is -0.465 e. The topological polar surface area (TPSA) is 62.5 Å². The van der Waals surface area contributed by atoms with Gasteiger partial charge < -0.3 is 14.8 Å². The molecule has 0 saturated heterocycles. The van der Waals surface area contributed by atoms with Gasteiger partial charge in [-0.3, -0.25) is 4.79 Å². The van der Waals surface area contributed by atoms with Crippen molar-refractivity contribution in [3.63, 3.8) is 0 Å². The summed E-state index contributed by atoms with van der Waals surface area (Å²) in [5.74, 6) is 1.11. The standard InChI is InChI=1S/C12H17NO3S2/c1-17-9-18-8-10(7-14)13-12(15)5-4-11-3-2-6-16-11/h2-6,10,14H,7-9H2,1H3,(H,13,15)/b5-4+/t10-/m0/s1. The second-order valence-electron chi connectivity index (χ2n) is 3.51. The molecule has 0 bridgehead atoms. The third-order valence-electron chi connectivity index (χ3n) is 2.03. The van der Waals surface area contributed by atoms with Gasteiger partial charge in [-0.15, -0.1) is 11.8 Å². The highest BCUT2D eigenvalue weighted by atomic mass is 32.2. The summed E-state index contributed by atoms with van der Waals surface area (Å²) in [6.45, 7) is -0.0539. The molecule has 1 aromatic heterocycles. The van der Waals surface area contributed by atoms with Gasteiger partial charge in [0.15, 0.2) is 0 Å². The molecule has 1 heterocycles. The summed E-state index contributed by atoms with van der Waals surface area (Å²) < 4.78 is 5.07. The molecule has 0 aliphatic heterocycles. The SMILES string of the molecule is CSCSC[C@H](CO)NC(=O)/C=C/c1ccco1.